The smallest absolute Gasteiger partial charge is 0.337 e. The van der Waals surface area contributed by atoms with Gasteiger partial charge in [-0.2, -0.15) is 0 Å². The van der Waals surface area contributed by atoms with E-state index in [1.54, 1.807) is 0 Å². The molecule has 5 nitrogen and oxygen atoms in total. The van der Waals surface area contributed by atoms with Gasteiger partial charge in [-0.05, 0) is 25.7 Å². The molecule has 23 heavy (non-hydrogen) atoms. The van der Waals surface area contributed by atoms with Gasteiger partial charge in [-0.25, -0.2) is 0 Å². The summed E-state index contributed by atoms with van der Waals surface area (Å²) < 4.78 is 23.0. The van der Waals surface area contributed by atoms with E-state index in [2.05, 4.69) is 27.7 Å². The molecule has 0 aromatic heterocycles. The number of hydrogen-bond donors (Lipinski definition) is 1. The van der Waals surface area contributed by atoms with Crippen LogP contribution in [0.15, 0.2) is 0 Å². The SMILES string of the molecule is CCCCOC(O)C(OCCCC)(OCCCC)OCCCC. The first-order valence-corrected chi connectivity index (χ1v) is 9.38. The number of unbranched alkanes of at least 4 members (excludes halogenated alkanes) is 4. The Morgan fingerprint density at radius 1 is 0.652 bits per heavy atom. The van der Waals surface area contributed by atoms with Crippen LogP contribution in [0, 0.1) is 0 Å². The van der Waals surface area contributed by atoms with E-state index in [0.717, 1.165) is 51.4 Å². The summed E-state index contributed by atoms with van der Waals surface area (Å²) in [5, 5.41) is 10.5. The zero-order valence-electron chi connectivity index (χ0n) is 15.6. The Hall–Kier alpha value is -0.200. The van der Waals surface area contributed by atoms with Gasteiger partial charge in [0.25, 0.3) is 0 Å². The van der Waals surface area contributed by atoms with Crippen LogP contribution in [0.25, 0.3) is 0 Å². The van der Waals surface area contributed by atoms with Gasteiger partial charge in [-0.15, -0.1) is 0 Å². The molecule has 0 aromatic rings. The van der Waals surface area contributed by atoms with E-state index >= 15 is 0 Å². The quantitative estimate of drug-likeness (QED) is 0.319. The third kappa shape index (κ3) is 10.3. The lowest BCUT2D eigenvalue weighted by atomic mass is 10.3. The minimum absolute atomic E-state index is 0.463. The molecule has 0 saturated heterocycles. The molecule has 0 amide bonds. The molecular formula is C18H38O5. The third-order valence-electron chi connectivity index (χ3n) is 3.48. The molecule has 0 aliphatic rings. The largest absolute Gasteiger partial charge is 0.362 e. The molecule has 1 atom stereocenters. The van der Waals surface area contributed by atoms with Gasteiger partial charge in [0.1, 0.15) is 0 Å². The van der Waals surface area contributed by atoms with Crippen molar-refractivity contribution in [3.8, 4) is 0 Å². The molecule has 0 heterocycles. The monoisotopic (exact) mass is 334 g/mol. The molecule has 0 rings (SSSR count). The van der Waals surface area contributed by atoms with Gasteiger partial charge in [-0.1, -0.05) is 53.4 Å². The Morgan fingerprint density at radius 2 is 1.00 bits per heavy atom. The van der Waals surface area contributed by atoms with Crippen LogP contribution >= 0.6 is 0 Å². The highest BCUT2D eigenvalue weighted by Gasteiger charge is 2.43. The number of aliphatic hydroxyl groups excluding tert-OH is 1. The fraction of sp³-hybridized carbons (Fsp3) is 1.00. The van der Waals surface area contributed by atoms with Crippen molar-refractivity contribution in [3.63, 3.8) is 0 Å². The van der Waals surface area contributed by atoms with E-state index < -0.39 is 12.3 Å². The summed E-state index contributed by atoms with van der Waals surface area (Å²) >= 11 is 0. The second-order valence-corrected chi connectivity index (χ2v) is 5.79. The topological polar surface area (TPSA) is 57.2 Å². The number of rotatable bonds is 17. The Labute approximate surface area is 142 Å². The number of aliphatic hydroxyl groups is 1. The first-order valence-electron chi connectivity index (χ1n) is 9.38. The lowest BCUT2D eigenvalue weighted by Crippen LogP contribution is -2.52. The zero-order chi connectivity index (χ0) is 17.4. The molecule has 0 fully saturated rings. The van der Waals surface area contributed by atoms with Crippen molar-refractivity contribution in [1.82, 2.24) is 0 Å². The summed E-state index contributed by atoms with van der Waals surface area (Å²) in [6, 6.07) is 0. The standard InChI is InChI=1S/C18H38O5/c1-5-9-13-20-17(19)18(21-14-10-6-2,22-15-11-7-3)23-16-12-8-4/h17,19H,5-16H2,1-4H3. The zero-order valence-corrected chi connectivity index (χ0v) is 15.6. The summed E-state index contributed by atoms with van der Waals surface area (Å²) in [4.78, 5) is 0. The maximum atomic E-state index is 10.5. The molecule has 1 N–H and O–H groups in total. The van der Waals surface area contributed by atoms with Gasteiger partial charge in [-0.3, -0.25) is 0 Å². The molecule has 0 aliphatic heterocycles. The summed E-state index contributed by atoms with van der Waals surface area (Å²) in [6.07, 6.45) is 6.33. The van der Waals surface area contributed by atoms with Gasteiger partial charge in [0.15, 0.2) is 0 Å². The van der Waals surface area contributed by atoms with E-state index in [1.807, 2.05) is 0 Å². The van der Waals surface area contributed by atoms with Crippen molar-refractivity contribution < 1.29 is 24.1 Å². The predicted octanol–water partition coefficient (Wildman–Crippen LogP) is 4.23. The fourth-order valence-corrected chi connectivity index (χ4v) is 1.86. The molecule has 5 heteroatoms. The average Bonchev–Trinajstić information content (AvgIpc) is 2.55. The lowest BCUT2D eigenvalue weighted by molar-refractivity contribution is -0.451. The highest BCUT2D eigenvalue weighted by Crippen LogP contribution is 2.24. The molecule has 140 valence electrons. The van der Waals surface area contributed by atoms with Crippen LogP contribution < -0.4 is 0 Å². The van der Waals surface area contributed by atoms with Crippen molar-refractivity contribution >= 4 is 0 Å². The van der Waals surface area contributed by atoms with Crippen LogP contribution in [0.1, 0.15) is 79.1 Å². The third-order valence-corrected chi connectivity index (χ3v) is 3.48. The van der Waals surface area contributed by atoms with Crippen molar-refractivity contribution in [1.29, 1.82) is 0 Å². The van der Waals surface area contributed by atoms with Crippen LogP contribution in [-0.4, -0.2) is 43.8 Å². The summed E-state index contributed by atoms with van der Waals surface area (Å²) in [5.74, 6) is -1.51. The van der Waals surface area contributed by atoms with Crippen LogP contribution in [-0.2, 0) is 18.9 Å². The Kier molecular flexibility index (Phi) is 15.2. The highest BCUT2D eigenvalue weighted by molar-refractivity contribution is 4.64. The van der Waals surface area contributed by atoms with E-state index in [-0.39, 0.29) is 0 Å². The van der Waals surface area contributed by atoms with E-state index in [0.29, 0.717) is 26.4 Å². The molecule has 0 aliphatic carbocycles. The average molecular weight is 334 g/mol. The Balaban J connectivity index is 4.83. The minimum Gasteiger partial charge on any atom is -0.362 e. The van der Waals surface area contributed by atoms with Gasteiger partial charge in [0, 0.05) is 0 Å². The Bertz CT molecular complexity index is 221. The van der Waals surface area contributed by atoms with E-state index in [9.17, 15) is 5.11 Å². The predicted molar refractivity (Wildman–Crippen MR) is 92.2 cm³/mol. The maximum absolute atomic E-state index is 10.5. The maximum Gasteiger partial charge on any atom is 0.337 e. The van der Waals surface area contributed by atoms with Gasteiger partial charge in [0.2, 0.25) is 6.29 Å². The van der Waals surface area contributed by atoms with Crippen LogP contribution in [0.2, 0.25) is 0 Å². The second kappa shape index (κ2) is 15.3. The minimum atomic E-state index is -1.51. The van der Waals surface area contributed by atoms with Crippen LogP contribution in [0.3, 0.4) is 0 Å². The normalized spacial score (nSPS) is 13.4. The highest BCUT2D eigenvalue weighted by atomic mass is 16.9. The first-order chi connectivity index (χ1) is 11.2. The van der Waals surface area contributed by atoms with Crippen molar-refractivity contribution in [2.24, 2.45) is 0 Å². The van der Waals surface area contributed by atoms with Gasteiger partial charge >= 0.3 is 5.97 Å². The van der Waals surface area contributed by atoms with Gasteiger partial charge < -0.3 is 24.1 Å². The van der Waals surface area contributed by atoms with Gasteiger partial charge in [0.05, 0.1) is 26.4 Å². The molecule has 0 saturated carbocycles. The first kappa shape index (κ1) is 22.8. The fourth-order valence-electron chi connectivity index (χ4n) is 1.86. The molecular weight excluding hydrogens is 296 g/mol. The molecule has 0 bridgehead atoms. The molecule has 0 spiro atoms. The van der Waals surface area contributed by atoms with E-state index in [4.69, 9.17) is 18.9 Å². The Morgan fingerprint density at radius 3 is 1.35 bits per heavy atom. The molecule has 1 unspecified atom stereocenters. The lowest BCUT2D eigenvalue weighted by Gasteiger charge is -2.36. The number of ether oxygens (including phenoxy) is 4. The van der Waals surface area contributed by atoms with Crippen molar-refractivity contribution in [2.75, 3.05) is 26.4 Å². The van der Waals surface area contributed by atoms with Crippen LogP contribution in [0.5, 0.6) is 0 Å². The molecule has 0 radical (unpaired) electrons. The van der Waals surface area contributed by atoms with Crippen molar-refractivity contribution in [3.05, 3.63) is 0 Å². The van der Waals surface area contributed by atoms with Crippen molar-refractivity contribution in [2.45, 2.75) is 91.3 Å². The summed E-state index contributed by atoms with van der Waals surface area (Å²) in [6.45, 7) is 10.2. The summed E-state index contributed by atoms with van der Waals surface area (Å²) in [5.41, 5.74) is 0. The van der Waals surface area contributed by atoms with Crippen LogP contribution in [0.4, 0.5) is 0 Å². The number of hydrogen-bond acceptors (Lipinski definition) is 5. The van der Waals surface area contributed by atoms with E-state index in [1.165, 1.54) is 0 Å². The summed E-state index contributed by atoms with van der Waals surface area (Å²) in [7, 11) is 0. The second-order valence-electron chi connectivity index (χ2n) is 5.79. The molecule has 0 aromatic carbocycles.